The molecule has 1 heterocycles. The van der Waals surface area contributed by atoms with Crippen molar-refractivity contribution in [2.45, 2.75) is 32.6 Å². The molecule has 0 N–H and O–H groups in total. The normalized spacial score (nSPS) is 18.7. The molecule has 0 saturated carbocycles. The fraction of sp³-hybridized carbons (Fsp3) is 0.222. The minimum absolute atomic E-state index is 0.165. The Morgan fingerprint density at radius 1 is 0.903 bits per heavy atom. The van der Waals surface area contributed by atoms with Crippen LogP contribution in [-0.2, 0) is 11.3 Å². The maximum atomic E-state index is 13.9. The molecule has 31 heavy (non-hydrogen) atoms. The van der Waals surface area contributed by atoms with Crippen LogP contribution in [-0.4, -0.2) is 25.8 Å². The van der Waals surface area contributed by atoms with Gasteiger partial charge in [-0.2, -0.15) is 0 Å². The Balaban J connectivity index is 1.73. The van der Waals surface area contributed by atoms with Crippen LogP contribution in [0.4, 0.5) is 0 Å². The maximum absolute atomic E-state index is 13.9. The van der Waals surface area contributed by atoms with Crippen LogP contribution in [0.5, 0.6) is 0 Å². The number of carbonyl (C=O) groups excluding carboxylic acids is 1. The number of hydrogen-bond acceptors (Lipinski definition) is 1. The van der Waals surface area contributed by atoms with Crippen molar-refractivity contribution in [3.8, 4) is 0 Å². The van der Waals surface area contributed by atoms with Gasteiger partial charge in [-0.15, -0.1) is 0 Å². The monoisotopic (exact) mass is 495 g/mol. The van der Waals surface area contributed by atoms with E-state index in [1.54, 1.807) is 0 Å². The average molecular weight is 495 g/mol. The Hall–Kier alpha value is -2.32. The first-order chi connectivity index (χ1) is 14.9. The summed E-state index contributed by atoms with van der Waals surface area (Å²) in [6.07, 6.45) is 0. The number of amides is 1. The molecule has 1 aliphatic heterocycles. The van der Waals surface area contributed by atoms with Crippen LogP contribution in [0.15, 0.2) is 84.4 Å². The van der Waals surface area contributed by atoms with Gasteiger partial charge in [0.2, 0.25) is 0 Å². The number of aryl methyl sites for hydroxylation is 1. The van der Waals surface area contributed by atoms with E-state index in [2.05, 4.69) is 69.3 Å². The number of rotatable bonds is 6. The van der Waals surface area contributed by atoms with Gasteiger partial charge in [0, 0.05) is 0 Å². The van der Waals surface area contributed by atoms with Crippen LogP contribution in [0.3, 0.4) is 0 Å². The van der Waals surface area contributed by atoms with Gasteiger partial charge in [0.05, 0.1) is 0 Å². The van der Waals surface area contributed by atoms with E-state index in [9.17, 15) is 4.79 Å². The topological polar surface area (TPSA) is 20.3 Å². The van der Waals surface area contributed by atoms with Crippen molar-refractivity contribution in [1.82, 2.24) is 4.90 Å². The number of hydrogen-bond donors (Lipinski definition) is 0. The summed E-state index contributed by atoms with van der Waals surface area (Å²) in [5.74, 6) is 0.165. The van der Waals surface area contributed by atoms with Crippen molar-refractivity contribution >= 4 is 42.6 Å². The van der Waals surface area contributed by atoms with Crippen LogP contribution < -0.4 is 4.46 Å². The zero-order valence-electron chi connectivity index (χ0n) is 18.1. The molecule has 0 saturated heterocycles. The predicted molar refractivity (Wildman–Crippen MR) is 131 cm³/mol. The van der Waals surface area contributed by atoms with E-state index in [0.29, 0.717) is 11.6 Å². The molecule has 0 radical (unpaired) electrons. The SMILES string of the molecule is CC1=C(c2ccc(C)cc2)N(Cc2ccccc2Cl)C(=O)C1(C)C[Se]c1ccccc1. The molecule has 1 unspecified atom stereocenters. The number of carbonyl (C=O) groups is 1. The van der Waals surface area contributed by atoms with Gasteiger partial charge in [-0.3, -0.25) is 0 Å². The minimum atomic E-state index is -0.517. The molecule has 0 bridgehead atoms. The van der Waals surface area contributed by atoms with Crippen molar-refractivity contribution in [2.24, 2.45) is 5.41 Å². The summed E-state index contributed by atoms with van der Waals surface area (Å²) in [6.45, 7) is 6.79. The molecular weight excluding hydrogens is 469 g/mol. The third kappa shape index (κ3) is 4.36. The number of halogens is 1. The summed E-state index contributed by atoms with van der Waals surface area (Å²) in [5, 5.41) is 1.53. The predicted octanol–water partition coefficient (Wildman–Crippen LogP) is 5.88. The van der Waals surface area contributed by atoms with Gasteiger partial charge in [0.25, 0.3) is 0 Å². The Kier molecular flexibility index (Phi) is 6.39. The van der Waals surface area contributed by atoms with Crippen LogP contribution in [0.2, 0.25) is 10.3 Å². The van der Waals surface area contributed by atoms with Crippen molar-refractivity contribution in [3.63, 3.8) is 0 Å². The molecule has 3 aromatic carbocycles. The second kappa shape index (κ2) is 9.04. The average Bonchev–Trinajstić information content (AvgIpc) is 2.96. The van der Waals surface area contributed by atoms with E-state index >= 15 is 0 Å². The summed E-state index contributed by atoms with van der Waals surface area (Å²) in [4.78, 5) is 15.8. The first-order valence-electron chi connectivity index (χ1n) is 10.4. The van der Waals surface area contributed by atoms with Crippen LogP contribution in [0.1, 0.15) is 30.5 Å². The van der Waals surface area contributed by atoms with E-state index in [0.717, 1.165) is 27.7 Å². The summed E-state index contributed by atoms with van der Waals surface area (Å²) in [6, 6.07) is 26.7. The van der Waals surface area contributed by atoms with E-state index in [1.807, 2.05) is 35.2 Å². The van der Waals surface area contributed by atoms with Gasteiger partial charge in [0.1, 0.15) is 0 Å². The fourth-order valence-electron chi connectivity index (χ4n) is 3.97. The Bertz CT molecular complexity index is 1120. The van der Waals surface area contributed by atoms with Crippen molar-refractivity contribution < 1.29 is 4.79 Å². The second-order valence-corrected chi connectivity index (χ2v) is 10.9. The van der Waals surface area contributed by atoms with Crippen LogP contribution >= 0.6 is 11.6 Å². The van der Waals surface area contributed by atoms with Gasteiger partial charge < -0.3 is 0 Å². The molecular formula is C27H26ClNOSe. The van der Waals surface area contributed by atoms with Crippen LogP contribution in [0.25, 0.3) is 5.70 Å². The third-order valence-corrected chi connectivity index (χ3v) is 9.21. The molecule has 0 aromatic heterocycles. The van der Waals surface area contributed by atoms with E-state index in [-0.39, 0.29) is 20.9 Å². The molecule has 3 aromatic rings. The molecule has 1 atom stereocenters. The molecule has 0 spiro atoms. The molecule has 0 aliphatic carbocycles. The standard InChI is InChI=1S/C27H26ClNOSe/c1-19-13-15-21(16-14-19)25-20(2)27(3,18-31-23-10-5-4-6-11-23)26(30)29(25)17-22-9-7-8-12-24(22)28/h4-16H,17-18H2,1-3H3. The van der Waals surface area contributed by atoms with Crippen LogP contribution in [0, 0.1) is 12.3 Å². The Morgan fingerprint density at radius 2 is 1.55 bits per heavy atom. The second-order valence-electron chi connectivity index (χ2n) is 8.26. The number of benzene rings is 3. The number of nitrogens with zero attached hydrogens (tertiary/aromatic N) is 1. The molecule has 4 rings (SSSR count). The summed E-state index contributed by atoms with van der Waals surface area (Å²) in [7, 11) is 0. The van der Waals surface area contributed by atoms with Crippen molar-refractivity contribution in [2.75, 3.05) is 0 Å². The third-order valence-electron chi connectivity index (χ3n) is 6.05. The molecule has 1 amide bonds. The van der Waals surface area contributed by atoms with E-state index < -0.39 is 5.41 Å². The van der Waals surface area contributed by atoms with Gasteiger partial charge in [-0.25, -0.2) is 0 Å². The summed E-state index contributed by atoms with van der Waals surface area (Å²) in [5.41, 5.74) is 4.91. The van der Waals surface area contributed by atoms with Crippen molar-refractivity contribution in [3.05, 3.63) is 106 Å². The Morgan fingerprint density at radius 3 is 2.23 bits per heavy atom. The van der Waals surface area contributed by atoms with Gasteiger partial charge >= 0.3 is 197 Å². The molecule has 0 fully saturated rings. The molecule has 158 valence electrons. The molecule has 2 nitrogen and oxygen atoms in total. The van der Waals surface area contributed by atoms with Crippen molar-refractivity contribution in [1.29, 1.82) is 0 Å². The first-order valence-corrected chi connectivity index (χ1v) is 12.9. The Labute approximate surface area is 196 Å². The summed E-state index contributed by atoms with van der Waals surface area (Å²) < 4.78 is 1.32. The van der Waals surface area contributed by atoms with Gasteiger partial charge in [0.15, 0.2) is 0 Å². The molecule has 1 aliphatic rings. The fourth-order valence-corrected chi connectivity index (χ4v) is 6.57. The first kappa shape index (κ1) is 21.9. The van der Waals surface area contributed by atoms with Gasteiger partial charge in [-0.1, -0.05) is 0 Å². The van der Waals surface area contributed by atoms with E-state index in [4.69, 9.17) is 11.6 Å². The van der Waals surface area contributed by atoms with E-state index in [1.165, 1.54) is 10.0 Å². The summed E-state index contributed by atoms with van der Waals surface area (Å²) >= 11 is 6.68. The quantitative estimate of drug-likeness (QED) is 0.392. The zero-order valence-corrected chi connectivity index (χ0v) is 20.5. The molecule has 4 heteroatoms. The van der Waals surface area contributed by atoms with Gasteiger partial charge in [-0.05, 0) is 0 Å². The zero-order chi connectivity index (χ0) is 22.0.